The Balaban J connectivity index is 2.20. The van der Waals surface area contributed by atoms with E-state index in [-0.39, 0.29) is 5.82 Å². The summed E-state index contributed by atoms with van der Waals surface area (Å²) in [6.07, 6.45) is 0. The van der Waals surface area contributed by atoms with E-state index in [1.807, 2.05) is 0 Å². The first kappa shape index (κ1) is 13.1. The molecule has 0 N–H and O–H groups in total. The van der Waals surface area contributed by atoms with Gasteiger partial charge in [-0.15, -0.1) is 0 Å². The largest absolute Gasteiger partial charge is 0.493 e. The van der Waals surface area contributed by atoms with Gasteiger partial charge in [-0.05, 0) is 18.2 Å². The Morgan fingerprint density at radius 3 is 1.71 bits per heavy atom. The van der Waals surface area contributed by atoms with Crippen LogP contribution in [0.5, 0.6) is 11.5 Å². The molecule has 21 heavy (non-hydrogen) atoms. The van der Waals surface area contributed by atoms with E-state index < -0.39 is 0 Å². The predicted molar refractivity (Wildman–Crippen MR) is 77.9 cm³/mol. The van der Waals surface area contributed by atoms with Crippen molar-refractivity contribution in [1.82, 2.24) is 0 Å². The van der Waals surface area contributed by atoms with Crippen LogP contribution in [0.2, 0.25) is 0 Å². The minimum atomic E-state index is -0.321. The summed E-state index contributed by atoms with van der Waals surface area (Å²) in [5.41, 5.74) is 2.79. The lowest BCUT2D eigenvalue weighted by Crippen LogP contribution is -1.96. The average molecular weight is 278 g/mol. The molecule has 0 atom stereocenters. The summed E-state index contributed by atoms with van der Waals surface area (Å²) < 4.78 is 23.8. The smallest absolute Gasteiger partial charge is 0.162 e. The monoisotopic (exact) mass is 278 g/mol. The Kier molecular flexibility index (Phi) is 3.26. The fourth-order valence-corrected chi connectivity index (χ4v) is 2.08. The third kappa shape index (κ3) is 2.42. The van der Waals surface area contributed by atoms with Gasteiger partial charge in [-0.3, -0.25) is 0 Å². The molecule has 1 aliphatic carbocycles. The maximum Gasteiger partial charge on any atom is 0.162 e. The summed E-state index contributed by atoms with van der Waals surface area (Å²) in [5.74, 6) is 12.9. The Morgan fingerprint density at radius 1 is 0.714 bits per heavy atom. The van der Waals surface area contributed by atoms with Crippen molar-refractivity contribution in [3.8, 4) is 35.2 Å². The van der Waals surface area contributed by atoms with E-state index in [9.17, 15) is 4.39 Å². The molecule has 0 heterocycles. The molecule has 102 valence electrons. The van der Waals surface area contributed by atoms with Crippen molar-refractivity contribution in [3.05, 3.63) is 58.4 Å². The lowest BCUT2D eigenvalue weighted by atomic mass is 10.0. The van der Waals surface area contributed by atoms with Crippen LogP contribution < -0.4 is 9.47 Å². The molecule has 0 aromatic heterocycles. The second-order valence-corrected chi connectivity index (χ2v) is 4.44. The second kappa shape index (κ2) is 5.23. The van der Waals surface area contributed by atoms with E-state index in [0.29, 0.717) is 22.6 Å². The molecule has 0 unspecified atom stereocenters. The van der Waals surface area contributed by atoms with Gasteiger partial charge in [-0.2, -0.15) is 0 Å². The maximum absolute atomic E-state index is 13.3. The van der Waals surface area contributed by atoms with E-state index in [0.717, 1.165) is 11.1 Å². The lowest BCUT2D eigenvalue weighted by Gasteiger charge is -2.10. The molecule has 2 aromatic carbocycles. The molecular weight excluding hydrogens is 267 g/mol. The molecule has 0 bridgehead atoms. The molecule has 0 saturated carbocycles. The summed E-state index contributed by atoms with van der Waals surface area (Å²) in [6, 6.07) is 7.98. The van der Waals surface area contributed by atoms with E-state index >= 15 is 0 Å². The van der Waals surface area contributed by atoms with Crippen LogP contribution in [0.4, 0.5) is 4.39 Å². The number of benzene rings is 2. The van der Waals surface area contributed by atoms with Crippen molar-refractivity contribution in [2.45, 2.75) is 0 Å². The van der Waals surface area contributed by atoms with E-state index in [1.54, 1.807) is 32.4 Å². The van der Waals surface area contributed by atoms with Crippen LogP contribution in [0.15, 0.2) is 30.3 Å². The molecule has 2 nitrogen and oxygen atoms in total. The van der Waals surface area contributed by atoms with Gasteiger partial charge >= 0.3 is 0 Å². The minimum absolute atomic E-state index is 0.321. The molecule has 3 rings (SSSR count). The highest BCUT2D eigenvalue weighted by Gasteiger charge is 2.10. The summed E-state index contributed by atoms with van der Waals surface area (Å²) in [7, 11) is 3.14. The Hall–Kier alpha value is -2.91. The highest BCUT2D eigenvalue weighted by atomic mass is 19.1. The molecule has 0 radical (unpaired) electrons. The van der Waals surface area contributed by atoms with Crippen LogP contribution in [-0.4, -0.2) is 14.2 Å². The van der Waals surface area contributed by atoms with Gasteiger partial charge in [0.25, 0.3) is 0 Å². The van der Waals surface area contributed by atoms with Crippen molar-refractivity contribution >= 4 is 0 Å². The van der Waals surface area contributed by atoms with E-state index in [4.69, 9.17) is 9.47 Å². The van der Waals surface area contributed by atoms with Crippen molar-refractivity contribution < 1.29 is 13.9 Å². The molecule has 0 saturated heterocycles. The van der Waals surface area contributed by atoms with Gasteiger partial charge in [0.05, 0.1) is 14.2 Å². The summed E-state index contributed by atoms with van der Waals surface area (Å²) in [4.78, 5) is 0. The number of hydrogen-bond donors (Lipinski definition) is 0. The minimum Gasteiger partial charge on any atom is -0.493 e. The highest BCUT2D eigenvalue weighted by molar-refractivity contribution is 5.64. The van der Waals surface area contributed by atoms with Gasteiger partial charge in [0.2, 0.25) is 0 Å². The third-order valence-electron chi connectivity index (χ3n) is 3.17. The van der Waals surface area contributed by atoms with Crippen LogP contribution in [0.1, 0.15) is 22.3 Å². The number of rotatable bonds is 2. The van der Waals surface area contributed by atoms with Gasteiger partial charge < -0.3 is 9.47 Å². The average Bonchev–Trinajstić information content (AvgIpc) is 2.49. The van der Waals surface area contributed by atoms with Crippen molar-refractivity contribution in [2.75, 3.05) is 14.2 Å². The van der Waals surface area contributed by atoms with Crippen LogP contribution in [0, 0.1) is 29.5 Å². The quantitative estimate of drug-likeness (QED) is 0.671. The molecule has 1 aliphatic rings. The van der Waals surface area contributed by atoms with Crippen LogP contribution in [0.3, 0.4) is 0 Å². The fourth-order valence-electron chi connectivity index (χ4n) is 2.08. The molecule has 0 aliphatic heterocycles. The number of methoxy groups -OCH3 is 2. The summed E-state index contributed by atoms with van der Waals surface area (Å²) >= 11 is 0. The first-order valence-electron chi connectivity index (χ1n) is 6.31. The Bertz CT molecular complexity index is 845. The zero-order valence-electron chi connectivity index (χ0n) is 11.6. The number of hydrogen-bond acceptors (Lipinski definition) is 2. The number of halogens is 1. The summed E-state index contributed by atoms with van der Waals surface area (Å²) in [6.45, 7) is 0. The van der Waals surface area contributed by atoms with Gasteiger partial charge in [-0.25, -0.2) is 4.39 Å². The highest BCUT2D eigenvalue weighted by Crippen LogP contribution is 2.30. The predicted octanol–water partition coefficient (Wildman–Crippen LogP) is 2.96. The standard InChI is InChI=1S/C18H11FO2/c1-20-17-10-14-4-3-12-7-8-16(19)9-13(12)5-6-15(14)11-18(17)21-2/h7-11H,1-2H3. The van der Waals surface area contributed by atoms with Crippen molar-refractivity contribution in [2.24, 2.45) is 0 Å². The third-order valence-corrected chi connectivity index (χ3v) is 3.17. The normalized spacial score (nSPS) is 10.6. The molecule has 3 heteroatoms. The van der Waals surface area contributed by atoms with Gasteiger partial charge in [-0.1, -0.05) is 23.7 Å². The maximum atomic E-state index is 13.3. The molecule has 2 aromatic rings. The van der Waals surface area contributed by atoms with Crippen LogP contribution >= 0.6 is 0 Å². The van der Waals surface area contributed by atoms with Crippen LogP contribution in [0.25, 0.3) is 0 Å². The second-order valence-electron chi connectivity index (χ2n) is 4.44. The van der Waals surface area contributed by atoms with Gasteiger partial charge in [0.1, 0.15) is 5.82 Å². The van der Waals surface area contributed by atoms with Crippen LogP contribution in [-0.2, 0) is 0 Å². The lowest BCUT2D eigenvalue weighted by molar-refractivity contribution is 0.355. The zero-order valence-corrected chi connectivity index (χ0v) is 11.6. The molecule has 0 amide bonds. The van der Waals surface area contributed by atoms with Crippen molar-refractivity contribution in [3.63, 3.8) is 0 Å². The fraction of sp³-hybridized carbons (Fsp3) is 0.111. The number of ether oxygens (including phenoxy) is 2. The van der Waals surface area contributed by atoms with Crippen molar-refractivity contribution in [1.29, 1.82) is 0 Å². The molecule has 0 fully saturated rings. The summed E-state index contributed by atoms with van der Waals surface area (Å²) in [5, 5.41) is 0. The Labute approximate surface area is 122 Å². The SMILES string of the molecule is COc1cc2c(cc1OC)C#Cc1cc(F)ccc1C#C2. The topological polar surface area (TPSA) is 18.5 Å². The zero-order chi connectivity index (χ0) is 14.8. The first-order valence-corrected chi connectivity index (χ1v) is 6.31. The van der Waals surface area contributed by atoms with Gasteiger partial charge in [0.15, 0.2) is 11.5 Å². The van der Waals surface area contributed by atoms with E-state index in [2.05, 4.69) is 23.7 Å². The Morgan fingerprint density at radius 2 is 1.19 bits per heavy atom. The first-order chi connectivity index (χ1) is 10.2. The molecular formula is C18H11FO2. The molecule has 0 spiro atoms. The van der Waals surface area contributed by atoms with E-state index in [1.165, 1.54) is 12.1 Å². The van der Waals surface area contributed by atoms with Gasteiger partial charge in [0, 0.05) is 34.4 Å². The number of fused-ring (bicyclic) bond motifs is 2.